The third-order valence-corrected chi connectivity index (χ3v) is 6.97. The number of pyridine rings is 1. The highest BCUT2D eigenvalue weighted by Crippen LogP contribution is 2.31. The molecule has 0 amide bonds. The van der Waals surface area contributed by atoms with Gasteiger partial charge in [0.1, 0.15) is 10.7 Å². The number of aromatic nitrogens is 1. The molecule has 0 bridgehead atoms. The van der Waals surface area contributed by atoms with E-state index >= 15 is 0 Å². The van der Waals surface area contributed by atoms with E-state index in [2.05, 4.69) is 10.3 Å². The highest BCUT2D eigenvalue weighted by atomic mass is 35.5. The topological polar surface area (TPSA) is 62.3 Å². The van der Waals surface area contributed by atoms with Crippen LogP contribution in [0.25, 0.3) is 0 Å². The molecule has 0 aliphatic carbocycles. The van der Waals surface area contributed by atoms with Gasteiger partial charge < -0.3 is 5.32 Å². The average Bonchev–Trinajstić information content (AvgIpc) is 3.13. The number of hydrogen-bond donors (Lipinski definition) is 1. The minimum atomic E-state index is -3.44. The molecule has 0 saturated carbocycles. The van der Waals surface area contributed by atoms with Gasteiger partial charge in [-0.3, -0.25) is 0 Å². The van der Waals surface area contributed by atoms with Gasteiger partial charge in [-0.15, -0.1) is 0 Å². The van der Waals surface area contributed by atoms with Crippen LogP contribution in [-0.2, 0) is 10.0 Å². The van der Waals surface area contributed by atoms with Crippen molar-refractivity contribution in [3.63, 3.8) is 0 Å². The average molecular weight is 400 g/mol. The van der Waals surface area contributed by atoms with E-state index in [1.54, 1.807) is 18.2 Å². The number of sulfonamides is 1. The summed E-state index contributed by atoms with van der Waals surface area (Å²) < 4.78 is 26.5. The lowest BCUT2D eigenvalue weighted by atomic mass is 10.1. The number of nitrogens with zero attached hydrogens (tertiary/aromatic N) is 2. The summed E-state index contributed by atoms with van der Waals surface area (Å²) in [6.07, 6.45) is 3.21. The number of anilines is 1. The van der Waals surface area contributed by atoms with Crippen molar-refractivity contribution >= 4 is 39.0 Å². The van der Waals surface area contributed by atoms with Crippen LogP contribution in [-0.4, -0.2) is 30.8 Å². The third-order valence-electron chi connectivity index (χ3n) is 4.25. The van der Waals surface area contributed by atoms with Crippen molar-refractivity contribution in [2.24, 2.45) is 0 Å². The first-order valence-corrected chi connectivity index (χ1v) is 10.3. The Kier molecular flexibility index (Phi) is 5.53. The zero-order valence-electron chi connectivity index (χ0n) is 13.7. The predicted molar refractivity (Wildman–Crippen MR) is 101 cm³/mol. The minimum Gasteiger partial charge on any atom is -0.363 e. The van der Waals surface area contributed by atoms with Crippen molar-refractivity contribution in [1.82, 2.24) is 9.29 Å². The van der Waals surface area contributed by atoms with Gasteiger partial charge >= 0.3 is 0 Å². The maximum Gasteiger partial charge on any atom is 0.244 e. The Balaban J connectivity index is 1.75. The molecular formula is C17H19Cl2N3O2S. The summed E-state index contributed by atoms with van der Waals surface area (Å²) in [6, 6.07) is 8.57. The molecule has 5 nitrogen and oxygen atoms in total. The van der Waals surface area contributed by atoms with Crippen LogP contribution in [0.1, 0.15) is 31.4 Å². The highest BCUT2D eigenvalue weighted by molar-refractivity contribution is 7.89. The molecule has 0 radical (unpaired) electrons. The summed E-state index contributed by atoms with van der Waals surface area (Å²) >= 11 is 12.3. The number of halogens is 2. The SMILES string of the molecule is CC(Nc1ccc(S(=O)(=O)N2CCCC2)cn1)c1cccc(Cl)c1Cl. The molecule has 1 aromatic heterocycles. The van der Waals surface area contributed by atoms with Crippen molar-refractivity contribution in [3.8, 4) is 0 Å². The second-order valence-corrected chi connectivity index (χ2v) is 8.72. The Morgan fingerprint density at radius 3 is 2.52 bits per heavy atom. The number of nitrogens with one attached hydrogen (secondary N) is 1. The molecule has 2 heterocycles. The van der Waals surface area contributed by atoms with Crippen LogP contribution in [0, 0.1) is 0 Å². The van der Waals surface area contributed by atoms with E-state index in [1.807, 2.05) is 19.1 Å². The van der Waals surface area contributed by atoms with Crippen LogP contribution in [0.4, 0.5) is 5.82 Å². The third kappa shape index (κ3) is 3.92. The molecule has 134 valence electrons. The lowest BCUT2D eigenvalue weighted by Gasteiger charge is -2.18. The molecule has 0 spiro atoms. The standard InChI is InChI=1S/C17H19Cl2N3O2S/c1-12(14-5-4-6-15(18)17(14)19)21-16-8-7-13(11-20-16)25(23,24)22-9-2-3-10-22/h4-8,11-12H,2-3,9-10H2,1H3,(H,20,21). The number of rotatable bonds is 5. The molecule has 1 aromatic carbocycles. The largest absolute Gasteiger partial charge is 0.363 e. The van der Waals surface area contributed by atoms with Gasteiger partial charge in [-0.2, -0.15) is 4.31 Å². The normalized spacial score (nSPS) is 16.8. The van der Waals surface area contributed by atoms with Crippen molar-refractivity contribution < 1.29 is 8.42 Å². The van der Waals surface area contributed by atoms with Crippen LogP contribution < -0.4 is 5.32 Å². The summed E-state index contributed by atoms with van der Waals surface area (Å²) in [4.78, 5) is 4.46. The summed E-state index contributed by atoms with van der Waals surface area (Å²) in [7, 11) is -3.44. The fourth-order valence-electron chi connectivity index (χ4n) is 2.85. The first-order chi connectivity index (χ1) is 11.9. The zero-order chi connectivity index (χ0) is 18.0. The fraction of sp³-hybridized carbons (Fsp3) is 0.353. The van der Waals surface area contributed by atoms with Crippen LogP contribution >= 0.6 is 23.2 Å². The van der Waals surface area contributed by atoms with Crippen molar-refractivity contribution in [2.45, 2.75) is 30.7 Å². The van der Waals surface area contributed by atoms with Gasteiger partial charge in [-0.25, -0.2) is 13.4 Å². The number of hydrogen-bond acceptors (Lipinski definition) is 4. The summed E-state index contributed by atoms with van der Waals surface area (Å²) in [5.41, 5.74) is 0.852. The quantitative estimate of drug-likeness (QED) is 0.811. The summed E-state index contributed by atoms with van der Waals surface area (Å²) in [5.74, 6) is 0.573. The van der Waals surface area contributed by atoms with E-state index in [9.17, 15) is 8.42 Å². The molecule has 3 rings (SSSR count). The molecule has 1 N–H and O–H groups in total. The first-order valence-electron chi connectivity index (χ1n) is 8.06. The van der Waals surface area contributed by atoms with E-state index in [-0.39, 0.29) is 10.9 Å². The molecule has 1 unspecified atom stereocenters. The van der Waals surface area contributed by atoms with Gasteiger partial charge in [0, 0.05) is 19.3 Å². The Labute approximate surface area is 158 Å². The smallest absolute Gasteiger partial charge is 0.244 e. The second-order valence-electron chi connectivity index (χ2n) is 6.00. The zero-order valence-corrected chi connectivity index (χ0v) is 16.1. The lowest BCUT2D eigenvalue weighted by Crippen LogP contribution is -2.27. The Morgan fingerprint density at radius 2 is 1.88 bits per heavy atom. The lowest BCUT2D eigenvalue weighted by molar-refractivity contribution is 0.477. The Morgan fingerprint density at radius 1 is 1.16 bits per heavy atom. The molecule has 1 aliphatic heterocycles. The summed E-state index contributed by atoms with van der Waals surface area (Å²) in [6.45, 7) is 3.09. The van der Waals surface area contributed by atoms with Gasteiger partial charge in [-0.05, 0) is 43.5 Å². The van der Waals surface area contributed by atoms with E-state index < -0.39 is 10.0 Å². The summed E-state index contributed by atoms with van der Waals surface area (Å²) in [5, 5.41) is 4.20. The Bertz CT molecular complexity index is 851. The van der Waals surface area contributed by atoms with Crippen LogP contribution in [0.3, 0.4) is 0 Å². The van der Waals surface area contributed by atoms with Crippen molar-refractivity contribution in [1.29, 1.82) is 0 Å². The maximum absolute atomic E-state index is 12.5. The molecule has 2 aromatic rings. The van der Waals surface area contributed by atoms with Gasteiger partial charge in [-0.1, -0.05) is 35.3 Å². The van der Waals surface area contributed by atoms with Gasteiger partial charge in [0.25, 0.3) is 0 Å². The van der Waals surface area contributed by atoms with Gasteiger partial charge in [0.05, 0.1) is 16.1 Å². The van der Waals surface area contributed by atoms with E-state index in [4.69, 9.17) is 23.2 Å². The highest BCUT2D eigenvalue weighted by Gasteiger charge is 2.27. The number of benzene rings is 1. The van der Waals surface area contributed by atoms with Crippen LogP contribution in [0.15, 0.2) is 41.4 Å². The molecule has 1 atom stereocenters. The Hall–Kier alpha value is -1.34. The van der Waals surface area contributed by atoms with Crippen molar-refractivity contribution in [2.75, 3.05) is 18.4 Å². The fourth-order valence-corrected chi connectivity index (χ4v) is 4.78. The van der Waals surface area contributed by atoms with Crippen molar-refractivity contribution in [3.05, 3.63) is 52.1 Å². The predicted octanol–water partition coefficient (Wildman–Crippen LogP) is 4.35. The minimum absolute atomic E-state index is 0.125. The first kappa shape index (κ1) is 18.5. The second kappa shape index (κ2) is 7.50. The molecular weight excluding hydrogens is 381 g/mol. The molecule has 1 aliphatic rings. The van der Waals surface area contributed by atoms with Gasteiger partial charge in [0.15, 0.2) is 0 Å². The monoisotopic (exact) mass is 399 g/mol. The van der Waals surface area contributed by atoms with E-state index in [0.717, 1.165) is 18.4 Å². The van der Waals surface area contributed by atoms with Crippen LogP contribution in [0.5, 0.6) is 0 Å². The van der Waals surface area contributed by atoms with E-state index in [0.29, 0.717) is 29.0 Å². The molecule has 8 heteroatoms. The van der Waals surface area contributed by atoms with E-state index in [1.165, 1.54) is 10.5 Å². The molecule has 1 saturated heterocycles. The van der Waals surface area contributed by atoms with Crippen LogP contribution in [0.2, 0.25) is 10.0 Å². The molecule has 25 heavy (non-hydrogen) atoms. The maximum atomic E-state index is 12.5. The molecule has 1 fully saturated rings. The van der Waals surface area contributed by atoms with Gasteiger partial charge in [0.2, 0.25) is 10.0 Å².